The Morgan fingerprint density at radius 2 is 2.00 bits per heavy atom. The molecule has 0 aromatic heterocycles. The van der Waals surface area contributed by atoms with Gasteiger partial charge >= 0.3 is 5.97 Å². The second-order valence-electron chi connectivity index (χ2n) is 5.01. The molecule has 4 nitrogen and oxygen atoms in total. The molecule has 4 heteroatoms. The standard InChI is InChI=1S/C10H15NO3/c1-10(2,3)9-11-6(8(13)14-9)4-5-7(11)12/h6,9H,4-5H2,1-3H3. The quantitative estimate of drug-likeness (QED) is 0.542. The highest BCUT2D eigenvalue weighted by molar-refractivity contribution is 5.90. The highest BCUT2D eigenvalue weighted by atomic mass is 16.6. The molecule has 2 aliphatic heterocycles. The molecule has 0 aromatic carbocycles. The molecule has 0 aliphatic carbocycles. The van der Waals surface area contributed by atoms with Crippen LogP contribution in [0.2, 0.25) is 0 Å². The Labute approximate surface area is 83.2 Å². The lowest BCUT2D eigenvalue weighted by atomic mass is 9.93. The number of carbonyl (C=O) groups excluding carboxylic acids is 2. The molecule has 0 spiro atoms. The number of fused-ring (bicyclic) bond motifs is 1. The summed E-state index contributed by atoms with van der Waals surface area (Å²) in [5.74, 6) is -0.198. The molecule has 14 heavy (non-hydrogen) atoms. The minimum absolute atomic E-state index is 0.0424. The van der Waals surface area contributed by atoms with Crippen molar-refractivity contribution >= 4 is 11.9 Å². The van der Waals surface area contributed by atoms with Crippen LogP contribution < -0.4 is 0 Å². The Balaban J connectivity index is 2.29. The van der Waals surface area contributed by atoms with Crippen molar-refractivity contribution in [2.45, 2.75) is 45.9 Å². The van der Waals surface area contributed by atoms with Gasteiger partial charge in [0.25, 0.3) is 0 Å². The largest absolute Gasteiger partial charge is 0.439 e. The average Bonchev–Trinajstić information content (AvgIpc) is 2.54. The van der Waals surface area contributed by atoms with E-state index in [-0.39, 0.29) is 29.6 Å². The predicted molar refractivity (Wildman–Crippen MR) is 49.2 cm³/mol. The Kier molecular flexibility index (Phi) is 1.84. The van der Waals surface area contributed by atoms with Gasteiger partial charge in [-0.25, -0.2) is 4.79 Å². The first-order valence-electron chi connectivity index (χ1n) is 4.93. The number of carbonyl (C=O) groups is 2. The lowest BCUT2D eigenvalue weighted by Gasteiger charge is -2.31. The fraction of sp³-hybridized carbons (Fsp3) is 0.800. The van der Waals surface area contributed by atoms with E-state index in [9.17, 15) is 9.59 Å². The third-order valence-electron chi connectivity index (χ3n) is 2.75. The van der Waals surface area contributed by atoms with E-state index in [4.69, 9.17) is 4.74 Å². The van der Waals surface area contributed by atoms with Crippen molar-refractivity contribution in [1.82, 2.24) is 4.90 Å². The van der Waals surface area contributed by atoms with E-state index >= 15 is 0 Å². The molecule has 2 fully saturated rings. The van der Waals surface area contributed by atoms with Gasteiger partial charge < -0.3 is 4.74 Å². The maximum absolute atomic E-state index is 11.6. The number of esters is 1. The first-order chi connectivity index (χ1) is 6.41. The topological polar surface area (TPSA) is 46.6 Å². The highest BCUT2D eigenvalue weighted by Crippen LogP contribution is 2.37. The summed E-state index contributed by atoms with van der Waals surface area (Å²) in [5.41, 5.74) is -0.204. The Morgan fingerprint density at radius 1 is 1.36 bits per heavy atom. The zero-order valence-electron chi connectivity index (χ0n) is 8.74. The van der Waals surface area contributed by atoms with Gasteiger partial charge in [-0.3, -0.25) is 9.69 Å². The number of rotatable bonds is 0. The molecule has 2 rings (SSSR count). The predicted octanol–water partition coefficient (Wildman–Crippen LogP) is 0.906. The van der Waals surface area contributed by atoms with Crippen molar-refractivity contribution in [3.8, 4) is 0 Å². The van der Waals surface area contributed by atoms with Crippen LogP contribution in [0.3, 0.4) is 0 Å². The molecular formula is C10H15NO3. The van der Waals surface area contributed by atoms with Crippen LogP contribution in [0, 0.1) is 5.41 Å². The van der Waals surface area contributed by atoms with E-state index in [0.717, 1.165) is 0 Å². The Bertz CT molecular complexity index is 290. The summed E-state index contributed by atoms with van der Waals surface area (Å²) >= 11 is 0. The lowest BCUT2D eigenvalue weighted by Crippen LogP contribution is -2.43. The van der Waals surface area contributed by atoms with E-state index in [0.29, 0.717) is 12.8 Å². The van der Waals surface area contributed by atoms with Gasteiger partial charge in [-0.2, -0.15) is 0 Å². The third kappa shape index (κ3) is 1.21. The van der Waals surface area contributed by atoms with Crippen LogP contribution >= 0.6 is 0 Å². The number of cyclic esters (lactones) is 1. The summed E-state index contributed by atoms with van der Waals surface area (Å²) in [6.45, 7) is 5.91. The molecule has 0 N–H and O–H groups in total. The van der Waals surface area contributed by atoms with Crippen LogP contribution in [0.25, 0.3) is 0 Å². The van der Waals surface area contributed by atoms with E-state index in [1.807, 2.05) is 20.8 Å². The van der Waals surface area contributed by atoms with Gasteiger partial charge in [-0.05, 0) is 6.42 Å². The summed E-state index contributed by atoms with van der Waals surface area (Å²) in [6, 6.07) is -0.313. The van der Waals surface area contributed by atoms with Crippen molar-refractivity contribution in [2.75, 3.05) is 0 Å². The monoisotopic (exact) mass is 197 g/mol. The third-order valence-corrected chi connectivity index (χ3v) is 2.75. The average molecular weight is 197 g/mol. The number of nitrogens with zero attached hydrogens (tertiary/aromatic N) is 1. The molecule has 0 bridgehead atoms. The van der Waals surface area contributed by atoms with Gasteiger partial charge in [0.1, 0.15) is 6.04 Å². The van der Waals surface area contributed by atoms with Crippen LogP contribution in [0.5, 0.6) is 0 Å². The maximum Gasteiger partial charge on any atom is 0.330 e. The zero-order valence-corrected chi connectivity index (χ0v) is 8.74. The summed E-state index contributed by atoms with van der Waals surface area (Å²) < 4.78 is 5.23. The van der Waals surface area contributed by atoms with Gasteiger partial charge in [0.15, 0.2) is 6.23 Å². The normalized spacial score (nSPS) is 32.1. The Morgan fingerprint density at radius 3 is 2.57 bits per heavy atom. The fourth-order valence-electron chi connectivity index (χ4n) is 2.07. The second-order valence-corrected chi connectivity index (χ2v) is 5.01. The molecule has 2 heterocycles. The smallest absolute Gasteiger partial charge is 0.330 e. The van der Waals surface area contributed by atoms with Crippen molar-refractivity contribution in [2.24, 2.45) is 5.41 Å². The van der Waals surface area contributed by atoms with Crippen molar-refractivity contribution in [3.63, 3.8) is 0 Å². The van der Waals surface area contributed by atoms with Crippen LogP contribution in [-0.2, 0) is 14.3 Å². The summed E-state index contributed by atoms with van der Waals surface area (Å²) in [4.78, 5) is 24.6. The van der Waals surface area contributed by atoms with Gasteiger partial charge in [0.2, 0.25) is 5.91 Å². The molecule has 2 unspecified atom stereocenters. The molecule has 2 atom stereocenters. The molecule has 1 amide bonds. The number of ether oxygens (including phenoxy) is 1. The number of amides is 1. The van der Waals surface area contributed by atoms with E-state index in [2.05, 4.69) is 0 Å². The van der Waals surface area contributed by atoms with Crippen LogP contribution in [0.4, 0.5) is 0 Å². The Hall–Kier alpha value is -1.06. The summed E-state index contributed by atoms with van der Waals surface area (Å²) in [7, 11) is 0. The molecule has 78 valence electrons. The molecule has 0 radical (unpaired) electrons. The van der Waals surface area contributed by atoms with Gasteiger partial charge in [0.05, 0.1) is 0 Å². The highest BCUT2D eigenvalue weighted by Gasteiger charge is 2.52. The SMILES string of the molecule is CC(C)(C)C1OC(=O)C2CCC(=O)N21. The number of hydrogen-bond donors (Lipinski definition) is 0. The first-order valence-corrected chi connectivity index (χ1v) is 4.93. The molecular weight excluding hydrogens is 182 g/mol. The fourth-order valence-corrected chi connectivity index (χ4v) is 2.07. The van der Waals surface area contributed by atoms with Crippen LogP contribution in [0.1, 0.15) is 33.6 Å². The zero-order chi connectivity index (χ0) is 10.5. The van der Waals surface area contributed by atoms with Crippen molar-refractivity contribution in [1.29, 1.82) is 0 Å². The summed E-state index contributed by atoms with van der Waals surface area (Å²) in [5, 5.41) is 0. The second kappa shape index (κ2) is 2.72. The first kappa shape index (κ1) is 9.49. The van der Waals surface area contributed by atoms with Crippen molar-refractivity contribution in [3.05, 3.63) is 0 Å². The van der Waals surface area contributed by atoms with E-state index in [1.54, 1.807) is 4.90 Å². The molecule has 0 saturated carbocycles. The van der Waals surface area contributed by atoms with Crippen LogP contribution in [-0.4, -0.2) is 29.0 Å². The maximum atomic E-state index is 11.6. The molecule has 2 saturated heterocycles. The van der Waals surface area contributed by atoms with E-state index < -0.39 is 0 Å². The lowest BCUT2D eigenvalue weighted by molar-refractivity contribution is -0.151. The van der Waals surface area contributed by atoms with Gasteiger partial charge in [-0.15, -0.1) is 0 Å². The van der Waals surface area contributed by atoms with Gasteiger partial charge in [0, 0.05) is 11.8 Å². The molecule has 2 aliphatic rings. The van der Waals surface area contributed by atoms with Crippen LogP contribution in [0.15, 0.2) is 0 Å². The minimum Gasteiger partial charge on any atom is -0.439 e. The van der Waals surface area contributed by atoms with Crippen molar-refractivity contribution < 1.29 is 14.3 Å². The molecule has 0 aromatic rings. The van der Waals surface area contributed by atoms with E-state index in [1.165, 1.54) is 0 Å². The number of hydrogen-bond acceptors (Lipinski definition) is 3. The summed E-state index contributed by atoms with van der Waals surface area (Å²) in [6.07, 6.45) is 0.714. The minimum atomic E-state index is -0.380. The van der Waals surface area contributed by atoms with Gasteiger partial charge in [-0.1, -0.05) is 20.8 Å².